The Labute approximate surface area is 207 Å². The van der Waals surface area contributed by atoms with Crippen LogP contribution in [0.2, 0.25) is 0 Å². The predicted octanol–water partition coefficient (Wildman–Crippen LogP) is 5.25. The van der Waals surface area contributed by atoms with E-state index in [0.29, 0.717) is 25.0 Å². The lowest BCUT2D eigenvalue weighted by molar-refractivity contribution is -0.186. The molecule has 2 atom stereocenters. The van der Waals surface area contributed by atoms with Crippen LogP contribution in [0.4, 0.5) is 0 Å². The van der Waals surface area contributed by atoms with E-state index in [0.717, 1.165) is 27.0 Å². The van der Waals surface area contributed by atoms with Gasteiger partial charge in [0.1, 0.15) is 18.5 Å². The van der Waals surface area contributed by atoms with Crippen LogP contribution in [0.1, 0.15) is 18.7 Å². The van der Waals surface area contributed by atoms with Crippen molar-refractivity contribution in [3.8, 4) is 17.0 Å². The fourth-order valence-corrected chi connectivity index (χ4v) is 5.24. The molecule has 4 aromatic rings. The van der Waals surface area contributed by atoms with Crippen LogP contribution in [0.15, 0.2) is 77.9 Å². The maximum absolute atomic E-state index is 6.42. The van der Waals surface area contributed by atoms with Crippen molar-refractivity contribution in [2.24, 2.45) is 0 Å². The Kier molecular flexibility index (Phi) is 6.96. The molecule has 1 aliphatic rings. The third kappa shape index (κ3) is 5.33. The first-order valence-corrected chi connectivity index (χ1v) is 12.9. The summed E-state index contributed by atoms with van der Waals surface area (Å²) in [5.74, 6) is -0.0488. The molecule has 1 aromatic carbocycles. The minimum absolute atomic E-state index is 0.178. The van der Waals surface area contributed by atoms with Crippen molar-refractivity contribution in [1.29, 1.82) is 0 Å². The molecule has 4 heterocycles. The summed E-state index contributed by atoms with van der Waals surface area (Å²) in [4.78, 5) is 14.2. The minimum Gasteiger partial charge on any atom is -0.491 e. The van der Waals surface area contributed by atoms with Gasteiger partial charge in [-0.2, -0.15) is 0 Å². The molecule has 34 heavy (non-hydrogen) atoms. The normalized spacial score (nSPS) is 20.1. The van der Waals surface area contributed by atoms with Crippen LogP contribution in [0.5, 0.6) is 5.75 Å². The predicted molar refractivity (Wildman–Crippen MR) is 133 cm³/mol. The molecule has 176 valence electrons. The van der Waals surface area contributed by atoms with E-state index >= 15 is 0 Å². The fourth-order valence-electron chi connectivity index (χ4n) is 3.73. The van der Waals surface area contributed by atoms with Gasteiger partial charge < -0.3 is 18.8 Å². The summed E-state index contributed by atoms with van der Waals surface area (Å²) in [6.07, 6.45) is 7.07. The molecule has 0 radical (unpaired) electrons. The minimum atomic E-state index is -0.828. The zero-order valence-electron chi connectivity index (χ0n) is 19.0. The van der Waals surface area contributed by atoms with E-state index in [9.17, 15) is 0 Å². The van der Waals surface area contributed by atoms with Crippen LogP contribution < -0.4 is 4.74 Å². The number of rotatable bonds is 9. The Balaban J connectivity index is 1.22. The molecule has 0 spiro atoms. The van der Waals surface area contributed by atoms with E-state index in [2.05, 4.69) is 28.8 Å². The quantitative estimate of drug-likeness (QED) is 0.232. The number of aromatic nitrogens is 4. The van der Waals surface area contributed by atoms with E-state index < -0.39 is 5.79 Å². The van der Waals surface area contributed by atoms with Crippen LogP contribution in [-0.2, 0) is 21.8 Å². The molecule has 1 saturated heterocycles. The van der Waals surface area contributed by atoms with Crippen LogP contribution in [0, 0.1) is 0 Å². The number of hydrogen-bond donors (Lipinski definition) is 0. The van der Waals surface area contributed by atoms with Gasteiger partial charge in [-0.05, 0) is 41.8 Å². The number of imidazole rings is 1. The topological polar surface area (TPSA) is 71.3 Å². The van der Waals surface area contributed by atoms with E-state index in [1.807, 2.05) is 58.6 Å². The first kappa shape index (κ1) is 23.0. The summed E-state index contributed by atoms with van der Waals surface area (Å²) in [6, 6.07) is 13.9. The fraction of sp³-hybridized carbons (Fsp3) is 0.320. The highest BCUT2D eigenvalue weighted by molar-refractivity contribution is 7.99. The van der Waals surface area contributed by atoms with Crippen LogP contribution >= 0.6 is 23.1 Å². The average molecular weight is 495 g/mol. The molecule has 1 fully saturated rings. The highest BCUT2D eigenvalue weighted by Gasteiger charge is 2.44. The average Bonchev–Trinajstić information content (AvgIpc) is 3.61. The van der Waals surface area contributed by atoms with Gasteiger partial charge in [0.05, 0.1) is 30.1 Å². The van der Waals surface area contributed by atoms with Gasteiger partial charge in [-0.25, -0.2) is 15.0 Å². The highest BCUT2D eigenvalue weighted by atomic mass is 32.2. The number of nitrogens with zero attached hydrogens (tertiary/aromatic N) is 4. The molecule has 3 aromatic heterocycles. The van der Waals surface area contributed by atoms with Crippen LogP contribution in [0.25, 0.3) is 11.3 Å². The second-order valence-electron chi connectivity index (χ2n) is 8.24. The molecule has 0 aliphatic carbocycles. The lowest BCUT2D eigenvalue weighted by Crippen LogP contribution is -2.33. The maximum Gasteiger partial charge on any atom is 0.223 e. The summed E-state index contributed by atoms with van der Waals surface area (Å²) in [5, 5.41) is 3.26. The van der Waals surface area contributed by atoms with Gasteiger partial charge in [0.2, 0.25) is 5.79 Å². The molecule has 0 amide bonds. The molecule has 9 heteroatoms. The van der Waals surface area contributed by atoms with Gasteiger partial charge in [0.25, 0.3) is 0 Å². The number of thioether (sulfide) groups is 1. The molecule has 0 N–H and O–H groups in total. The lowest BCUT2D eigenvalue weighted by Gasteiger charge is -2.27. The number of ether oxygens (including phenoxy) is 3. The Morgan fingerprint density at radius 1 is 1.21 bits per heavy atom. The third-order valence-corrected chi connectivity index (χ3v) is 7.14. The molecule has 1 aliphatic heterocycles. The Morgan fingerprint density at radius 2 is 2.09 bits per heavy atom. The third-order valence-electron chi connectivity index (χ3n) is 5.27. The Morgan fingerprint density at radius 3 is 2.82 bits per heavy atom. The van der Waals surface area contributed by atoms with Crippen molar-refractivity contribution in [3.05, 3.63) is 77.6 Å². The van der Waals surface area contributed by atoms with E-state index in [-0.39, 0.29) is 6.10 Å². The highest BCUT2D eigenvalue weighted by Crippen LogP contribution is 2.38. The van der Waals surface area contributed by atoms with Crippen molar-refractivity contribution >= 4 is 23.1 Å². The van der Waals surface area contributed by atoms with Crippen molar-refractivity contribution in [1.82, 2.24) is 19.5 Å². The van der Waals surface area contributed by atoms with Gasteiger partial charge in [-0.1, -0.05) is 31.7 Å². The van der Waals surface area contributed by atoms with E-state index in [4.69, 9.17) is 14.2 Å². The zero-order chi connectivity index (χ0) is 23.4. The molecular weight excluding hydrogens is 468 g/mol. The second-order valence-corrected chi connectivity index (χ2v) is 10.7. The summed E-state index contributed by atoms with van der Waals surface area (Å²) in [5.41, 5.74) is 1.93. The van der Waals surface area contributed by atoms with Gasteiger partial charge in [-0.3, -0.25) is 0 Å². The van der Waals surface area contributed by atoms with Crippen LogP contribution in [0.3, 0.4) is 0 Å². The van der Waals surface area contributed by atoms with Crippen molar-refractivity contribution in [2.75, 3.05) is 13.2 Å². The van der Waals surface area contributed by atoms with Crippen molar-refractivity contribution in [3.63, 3.8) is 0 Å². The first-order chi connectivity index (χ1) is 16.6. The second kappa shape index (κ2) is 10.3. The van der Waals surface area contributed by atoms with Gasteiger partial charge >= 0.3 is 0 Å². The molecular formula is C25H26N4O3S2. The number of benzene rings is 1. The standard InChI is InChI=1S/C25H26N4O3S2/c1-18(2)34-24-27-10-9-22(28-24)19-5-7-20(8-6-19)30-14-21-15-31-25(32-21,23-4-3-13-33-23)16-29-12-11-26-17-29/h3-13,17-18,21H,14-16H2,1-2H3. The Hall–Kier alpha value is -2.72. The SMILES string of the molecule is CC(C)Sc1nccc(-c2ccc(OCC3COC(Cn4ccnc4)(c4cccs4)O3)cc2)n1. The number of hydrogen-bond acceptors (Lipinski definition) is 8. The van der Waals surface area contributed by atoms with Gasteiger partial charge in [0, 0.05) is 29.4 Å². The summed E-state index contributed by atoms with van der Waals surface area (Å²) in [7, 11) is 0. The van der Waals surface area contributed by atoms with E-state index in [1.165, 1.54) is 0 Å². The number of thiophene rings is 1. The maximum atomic E-state index is 6.42. The zero-order valence-corrected chi connectivity index (χ0v) is 20.7. The largest absolute Gasteiger partial charge is 0.491 e. The smallest absolute Gasteiger partial charge is 0.223 e. The van der Waals surface area contributed by atoms with Gasteiger partial charge in [0.15, 0.2) is 5.16 Å². The summed E-state index contributed by atoms with van der Waals surface area (Å²) in [6.45, 7) is 5.66. The first-order valence-electron chi connectivity index (χ1n) is 11.1. The Bertz CT molecular complexity index is 1180. The van der Waals surface area contributed by atoms with Crippen molar-refractivity contribution < 1.29 is 14.2 Å². The molecule has 0 saturated carbocycles. The van der Waals surface area contributed by atoms with Gasteiger partial charge in [-0.15, -0.1) is 11.3 Å². The molecule has 7 nitrogen and oxygen atoms in total. The molecule has 5 rings (SSSR count). The summed E-state index contributed by atoms with van der Waals surface area (Å²) >= 11 is 3.28. The monoisotopic (exact) mass is 494 g/mol. The van der Waals surface area contributed by atoms with E-state index in [1.54, 1.807) is 41.8 Å². The van der Waals surface area contributed by atoms with Crippen molar-refractivity contribution in [2.45, 2.75) is 42.7 Å². The lowest BCUT2D eigenvalue weighted by atomic mass is 10.1. The van der Waals surface area contributed by atoms with Crippen LogP contribution in [-0.4, -0.2) is 44.1 Å². The molecule has 2 unspecified atom stereocenters. The summed E-state index contributed by atoms with van der Waals surface area (Å²) < 4.78 is 20.7. The molecule has 0 bridgehead atoms.